The van der Waals surface area contributed by atoms with E-state index in [9.17, 15) is 5.26 Å². The quantitative estimate of drug-likeness (QED) is 0.891. The van der Waals surface area contributed by atoms with Crippen molar-refractivity contribution in [3.63, 3.8) is 0 Å². The highest BCUT2D eigenvalue weighted by molar-refractivity contribution is 8.03. The second-order valence-corrected chi connectivity index (χ2v) is 6.85. The fourth-order valence-corrected chi connectivity index (χ4v) is 4.02. The molecular formula is C20H20N2S. The average molecular weight is 320 g/mol. The molecule has 2 atom stereocenters. The summed E-state index contributed by atoms with van der Waals surface area (Å²) < 4.78 is 0. The van der Waals surface area contributed by atoms with Gasteiger partial charge in [-0.25, -0.2) is 0 Å². The summed E-state index contributed by atoms with van der Waals surface area (Å²) in [6, 6.07) is 23.4. The van der Waals surface area contributed by atoms with Crippen LogP contribution in [0.15, 0.2) is 71.3 Å². The van der Waals surface area contributed by atoms with E-state index < -0.39 is 0 Å². The van der Waals surface area contributed by atoms with Gasteiger partial charge >= 0.3 is 0 Å². The van der Waals surface area contributed by atoms with E-state index in [-0.39, 0.29) is 11.8 Å². The van der Waals surface area contributed by atoms with Crippen molar-refractivity contribution in [2.24, 2.45) is 0 Å². The predicted molar refractivity (Wildman–Crippen MR) is 97.1 cm³/mol. The van der Waals surface area contributed by atoms with E-state index in [1.807, 2.05) is 12.1 Å². The van der Waals surface area contributed by atoms with E-state index in [0.29, 0.717) is 0 Å². The summed E-state index contributed by atoms with van der Waals surface area (Å²) in [4.78, 5) is 0. The van der Waals surface area contributed by atoms with Gasteiger partial charge in [-0.15, -0.1) is 11.8 Å². The van der Waals surface area contributed by atoms with Gasteiger partial charge in [0.2, 0.25) is 0 Å². The highest BCUT2D eigenvalue weighted by atomic mass is 32.2. The van der Waals surface area contributed by atoms with Gasteiger partial charge in [0.05, 0.1) is 16.7 Å². The van der Waals surface area contributed by atoms with Gasteiger partial charge in [0.25, 0.3) is 0 Å². The summed E-state index contributed by atoms with van der Waals surface area (Å²) in [5.74, 6) is 1.35. The molecule has 0 bridgehead atoms. The Morgan fingerprint density at radius 2 is 1.65 bits per heavy atom. The predicted octanol–water partition coefficient (Wildman–Crippen LogP) is 4.65. The number of nitrogens with zero attached hydrogens (tertiary/aromatic N) is 1. The molecule has 0 saturated carbocycles. The molecule has 2 aromatic rings. The summed E-state index contributed by atoms with van der Waals surface area (Å²) in [5.41, 5.74) is 3.36. The summed E-state index contributed by atoms with van der Waals surface area (Å²) in [5, 5.41) is 14.4. The zero-order chi connectivity index (χ0) is 16.1. The van der Waals surface area contributed by atoms with Crippen LogP contribution in [0.5, 0.6) is 0 Å². The SMILES string of the molecule is CCSC1=C(C#N)[C@H](c2ccccc2)[C@@H](c2ccccc2)CN1. The second-order valence-electron chi connectivity index (χ2n) is 5.57. The van der Waals surface area contributed by atoms with Gasteiger partial charge in [0.1, 0.15) is 0 Å². The monoisotopic (exact) mass is 320 g/mol. The highest BCUT2D eigenvalue weighted by Gasteiger charge is 2.34. The summed E-state index contributed by atoms with van der Waals surface area (Å²) in [6.07, 6.45) is 0. The normalized spacial score (nSPS) is 20.7. The second kappa shape index (κ2) is 7.39. The minimum absolute atomic E-state index is 0.110. The molecule has 0 spiro atoms. The molecule has 3 rings (SSSR count). The molecule has 1 aliphatic heterocycles. The number of hydrogen-bond donors (Lipinski definition) is 1. The Morgan fingerprint density at radius 1 is 1.04 bits per heavy atom. The molecule has 0 amide bonds. The molecule has 0 radical (unpaired) electrons. The van der Waals surface area contributed by atoms with E-state index >= 15 is 0 Å². The van der Waals surface area contributed by atoms with Gasteiger partial charge in [-0.05, 0) is 16.9 Å². The molecule has 0 unspecified atom stereocenters. The minimum Gasteiger partial charge on any atom is -0.378 e. The number of rotatable bonds is 4. The number of allylic oxidation sites excluding steroid dienone is 1. The highest BCUT2D eigenvalue weighted by Crippen LogP contribution is 2.43. The Kier molecular flexibility index (Phi) is 5.05. The molecule has 2 nitrogen and oxygen atoms in total. The first-order valence-corrected chi connectivity index (χ1v) is 8.94. The van der Waals surface area contributed by atoms with Crippen molar-refractivity contribution in [1.82, 2.24) is 5.32 Å². The van der Waals surface area contributed by atoms with Crippen LogP contribution in [0.25, 0.3) is 0 Å². The third-order valence-electron chi connectivity index (χ3n) is 4.24. The van der Waals surface area contributed by atoms with Crippen molar-refractivity contribution in [3.05, 3.63) is 82.4 Å². The van der Waals surface area contributed by atoms with Crippen LogP contribution in [0, 0.1) is 11.3 Å². The maximum Gasteiger partial charge on any atom is 0.0981 e. The van der Waals surface area contributed by atoms with E-state index in [0.717, 1.165) is 22.9 Å². The largest absolute Gasteiger partial charge is 0.378 e. The number of nitriles is 1. The van der Waals surface area contributed by atoms with Gasteiger partial charge in [-0.2, -0.15) is 5.26 Å². The lowest BCUT2D eigenvalue weighted by atomic mass is 9.76. The third-order valence-corrected chi connectivity index (χ3v) is 5.18. The standard InChI is InChI=1S/C20H20N2S/c1-2-23-20-17(13-21)19(16-11-7-4-8-12-16)18(14-22-20)15-9-5-3-6-10-15/h3-12,18-19,22H,2,14H2,1H3/t18-,19+/m1/s1. The lowest BCUT2D eigenvalue weighted by Gasteiger charge is -2.34. The number of nitrogens with one attached hydrogen (secondary N) is 1. The van der Waals surface area contributed by atoms with Crippen molar-refractivity contribution in [2.75, 3.05) is 12.3 Å². The van der Waals surface area contributed by atoms with Crippen LogP contribution in [-0.2, 0) is 0 Å². The van der Waals surface area contributed by atoms with Gasteiger partial charge in [0, 0.05) is 18.4 Å². The fraction of sp³-hybridized carbons (Fsp3) is 0.250. The Morgan fingerprint density at radius 3 is 2.22 bits per heavy atom. The van der Waals surface area contributed by atoms with Crippen LogP contribution in [0.1, 0.15) is 29.9 Å². The number of hydrogen-bond acceptors (Lipinski definition) is 3. The Labute approximate surface area is 142 Å². The van der Waals surface area contributed by atoms with Crippen molar-refractivity contribution in [2.45, 2.75) is 18.8 Å². The molecule has 0 aromatic heterocycles. The molecule has 0 saturated heterocycles. The first-order valence-electron chi connectivity index (χ1n) is 7.96. The van der Waals surface area contributed by atoms with Gasteiger partial charge in [-0.1, -0.05) is 67.6 Å². The number of thioether (sulfide) groups is 1. The summed E-state index contributed by atoms with van der Waals surface area (Å²) >= 11 is 1.73. The fourth-order valence-electron chi connectivity index (χ4n) is 3.22. The van der Waals surface area contributed by atoms with Crippen molar-refractivity contribution >= 4 is 11.8 Å². The molecule has 2 aromatic carbocycles. The maximum atomic E-state index is 9.82. The third kappa shape index (κ3) is 3.28. The van der Waals surface area contributed by atoms with Crippen molar-refractivity contribution < 1.29 is 0 Å². The van der Waals surface area contributed by atoms with Crippen LogP contribution in [0.3, 0.4) is 0 Å². The molecule has 1 heterocycles. The lowest BCUT2D eigenvalue weighted by Crippen LogP contribution is -2.32. The summed E-state index contributed by atoms with van der Waals surface area (Å²) in [7, 11) is 0. The first kappa shape index (κ1) is 15.7. The zero-order valence-electron chi connectivity index (χ0n) is 13.2. The minimum atomic E-state index is 0.110. The van der Waals surface area contributed by atoms with E-state index in [4.69, 9.17) is 0 Å². The Bertz CT molecular complexity index is 716. The van der Waals surface area contributed by atoms with E-state index in [1.165, 1.54) is 11.1 Å². The molecule has 1 N–H and O–H groups in total. The van der Waals surface area contributed by atoms with E-state index in [2.05, 4.69) is 66.8 Å². The number of benzene rings is 2. The van der Waals surface area contributed by atoms with Crippen molar-refractivity contribution in [3.8, 4) is 6.07 Å². The maximum absolute atomic E-state index is 9.82. The van der Waals surface area contributed by atoms with Crippen LogP contribution in [0.4, 0.5) is 0 Å². The lowest BCUT2D eigenvalue weighted by molar-refractivity contribution is 0.543. The Hall–Kier alpha value is -2.18. The molecule has 23 heavy (non-hydrogen) atoms. The molecule has 0 fully saturated rings. The van der Waals surface area contributed by atoms with Crippen LogP contribution < -0.4 is 5.32 Å². The van der Waals surface area contributed by atoms with E-state index in [1.54, 1.807) is 11.8 Å². The van der Waals surface area contributed by atoms with Crippen LogP contribution in [0.2, 0.25) is 0 Å². The van der Waals surface area contributed by atoms with Gasteiger partial charge in [0.15, 0.2) is 0 Å². The van der Waals surface area contributed by atoms with Crippen LogP contribution >= 0.6 is 11.8 Å². The Balaban J connectivity index is 2.10. The zero-order valence-corrected chi connectivity index (χ0v) is 14.0. The first-order chi connectivity index (χ1) is 11.3. The van der Waals surface area contributed by atoms with Crippen LogP contribution in [-0.4, -0.2) is 12.3 Å². The molecule has 3 heteroatoms. The molecule has 0 aliphatic carbocycles. The molecule has 116 valence electrons. The topological polar surface area (TPSA) is 35.8 Å². The molecule has 1 aliphatic rings. The van der Waals surface area contributed by atoms with Crippen molar-refractivity contribution in [1.29, 1.82) is 5.26 Å². The molecular weight excluding hydrogens is 300 g/mol. The average Bonchev–Trinajstić information content (AvgIpc) is 2.63. The summed E-state index contributed by atoms with van der Waals surface area (Å²) in [6.45, 7) is 2.98. The van der Waals surface area contributed by atoms with Gasteiger partial charge < -0.3 is 5.32 Å². The van der Waals surface area contributed by atoms with Gasteiger partial charge in [-0.3, -0.25) is 0 Å². The smallest absolute Gasteiger partial charge is 0.0981 e.